The number of rotatable bonds is 3. The molecule has 0 bridgehead atoms. The standard InChI is InChI=1S/C13H16O3/c1-13(2,3)10-4-6-11(7-5-10)16-12(15)8-9-14/h4-7,9H,8H2,1-3H3. The maximum atomic E-state index is 11.0. The first-order valence-electron chi connectivity index (χ1n) is 5.18. The molecule has 0 amide bonds. The fourth-order valence-electron chi connectivity index (χ4n) is 1.26. The third-order valence-electron chi connectivity index (χ3n) is 2.20. The Bertz CT molecular complexity index is 371. The fourth-order valence-corrected chi connectivity index (χ4v) is 1.26. The number of hydrogen-bond acceptors (Lipinski definition) is 3. The summed E-state index contributed by atoms with van der Waals surface area (Å²) in [6, 6.07) is 7.32. The van der Waals surface area contributed by atoms with Crippen LogP contribution in [-0.2, 0) is 15.0 Å². The van der Waals surface area contributed by atoms with Crippen molar-refractivity contribution in [1.82, 2.24) is 0 Å². The molecule has 0 N–H and O–H groups in total. The van der Waals surface area contributed by atoms with Crippen LogP contribution in [-0.4, -0.2) is 12.3 Å². The van der Waals surface area contributed by atoms with Gasteiger partial charge in [0.15, 0.2) is 0 Å². The maximum Gasteiger partial charge on any atom is 0.318 e. The highest BCUT2D eigenvalue weighted by Gasteiger charge is 2.13. The van der Waals surface area contributed by atoms with Crippen molar-refractivity contribution < 1.29 is 14.3 Å². The number of hydrogen-bond donors (Lipinski definition) is 0. The average molecular weight is 220 g/mol. The molecule has 0 fully saturated rings. The van der Waals surface area contributed by atoms with Crippen LogP contribution in [0, 0.1) is 0 Å². The molecule has 0 aliphatic rings. The van der Waals surface area contributed by atoms with Crippen LogP contribution < -0.4 is 4.74 Å². The normalized spacial score (nSPS) is 10.9. The number of benzene rings is 1. The molecule has 0 saturated carbocycles. The van der Waals surface area contributed by atoms with Crippen LogP contribution in [0.5, 0.6) is 5.75 Å². The predicted octanol–water partition coefficient (Wildman–Crippen LogP) is 2.48. The van der Waals surface area contributed by atoms with Crippen LogP contribution in [0.4, 0.5) is 0 Å². The monoisotopic (exact) mass is 220 g/mol. The van der Waals surface area contributed by atoms with Crippen LogP contribution >= 0.6 is 0 Å². The minimum Gasteiger partial charge on any atom is -0.426 e. The first-order chi connectivity index (χ1) is 7.43. The molecule has 1 aromatic carbocycles. The van der Waals surface area contributed by atoms with Crippen molar-refractivity contribution >= 4 is 12.3 Å². The Morgan fingerprint density at radius 2 is 1.81 bits per heavy atom. The second-order valence-electron chi connectivity index (χ2n) is 4.62. The zero-order chi connectivity index (χ0) is 12.2. The minimum absolute atomic E-state index is 0.0747. The van der Waals surface area contributed by atoms with Crippen molar-refractivity contribution in [1.29, 1.82) is 0 Å². The van der Waals surface area contributed by atoms with E-state index in [-0.39, 0.29) is 11.8 Å². The Morgan fingerprint density at radius 1 is 1.25 bits per heavy atom. The van der Waals surface area contributed by atoms with Crippen LogP contribution in [0.15, 0.2) is 24.3 Å². The average Bonchev–Trinajstić information content (AvgIpc) is 2.17. The van der Waals surface area contributed by atoms with Gasteiger partial charge in [0.1, 0.15) is 18.5 Å². The number of carbonyl (C=O) groups excluding carboxylic acids is 2. The molecule has 1 aromatic rings. The lowest BCUT2D eigenvalue weighted by atomic mass is 9.87. The van der Waals surface area contributed by atoms with Gasteiger partial charge < -0.3 is 9.53 Å². The first-order valence-corrected chi connectivity index (χ1v) is 5.18. The zero-order valence-electron chi connectivity index (χ0n) is 9.82. The molecule has 3 nitrogen and oxygen atoms in total. The van der Waals surface area contributed by atoms with E-state index in [4.69, 9.17) is 4.74 Å². The summed E-state index contributed by atoms with van der Waals surface area (Å²) < 4.78 is 4.95. The van der Waals surface area contributed by atoms with Gasteiger partial charge in [0, 0.05) is 0 Å². The molecule has 0 atom stereocenters. The molecule has 0 saturated heterocycles. The van der Waals surface area contributed by atoms with E-state index in [0.717, 1.165) is 0 Å². The third-order valence-corrected chi connectivity index (χ3v) is 2.20. The van der Waals surface area contributed by atoms with E-state index in [2.05, 4.69) is 20.8 Å². The van der Waals surface area contributed by atoms with Gasteiger partial charge in [0.2, 0.25) is 0 Å². The van der Waals surface area contributed by atoms with Crippen molar-refractivity contribution in [3.63, 3.8) is 0 Å². The van der Waals surface area contributed by atoms with Crippen LogP contribution in [0.1, 0.15) is 32.8 Å². The first kappa shape index (κ1) is 12.4. The van der Waals surface area contributed by atoms with Crippen molar-refractivity contribution in [2.75, 3.05) is 0 Å². The largest absolute Gasteiger partial charge is 0.426 e. The van der Waals surface area contributed by atoms with Crippen molar-refractivity contribution in [2.45, 2.75) is 32.6 Å². The number of carbonyl (C=O) groups is 2. The molecule has 0 spiro atoms. The summed E-state index contributed by atoms with van der Waals surface area (Å²) in [4.78, 5) is 21.1. The lowest BCUT2D eigenvalue weighted by Crippen LogP contribution is -2.11. The molecule has 86 valence electrons. The van der Waals surface area contributed by atoms with Crippen LogP contribution in [0.2, 0.25) is 0 Å². The van der Waals surface area contributed by atoms with Crippen molar-refractivity contribution in [2.24, 2.45) is 0 Å². The van der Waals surface area contributed by atoms with Crippen LogP contribution in [0.25, 0.3) is 0 Å². The van der Waals surface area contributed by atoms with E-state index in [1.165, 1.54) is 5.56 Å². The van der Waals surface area contributed by atoms with E-state index >= 15 is 0 Å². The Kier molecular flexibility index (Phi) is 3.82. The van der Waals surface area contributed by atoms with Gasteiger partial charge in [-0.05, 0) is 23.1 Å². The topological polar surface area (TPSA) is 43.4 Å². The van der Waals surface area contributed by atoms with Crippen LogP contribution in [0.3, 0.4) is 0 Å². The van der Waals surface area contributed by atoms with Crippen molar-refractivity contribution in [3.8, 4) is 5.75 Å². The summed E-state index contributed by atoms with van der Waals surface area (Å²) in [5, 5.41) is 0. The van der Waals surface area contributed by atoms with Gasteiger partial charge in [-0.1, -0.05) is 32.9 Å². The van der Waals surface area contributed by atoms with Gasteiger partial charge >= 0.3 is 5.97 Å². The number of aldehydes is 1. The molecular formula is C13H16O3. The summed E-state index contributed by atoms with van der Waals surface area (Å²) in [6.45, 7) is 6.33. The molecule has 0 aliphatic carbocycles. The zero-order valence-corrected chi connectivity index (χ0v) is 9.82. The molecule has 0 heterocycles. The molecule has 0 aromatic heterocycles. The summed E-state index contributed by atoms with van der Waals surface area (Å²) in [5.74, 6) is -0.0571. The molecule has 1 rings (SSSR count). The molecule has 3 heteroatoms. The van der Waals surface area contributed by atoms with Gasteiger partial charge in [-0.2, -0.15) is 0 Å². The molecular weight excluding hydrogens is 204 g/mol. The van der Waals surface area contributed by atoms with Gasteiger partial charge in [0.25, 0.3) is 0 Å². The third kappa shape index (κ3) is 3.50. The SMILES string of the molecule is CC(C)(C)c1ccc(OC(=O)CC=O)cc1. The molecule has 16 heavy (non-hydrogen) atoms. The second-order valence-corrected chi connectivity index (χ2v) is 4.62. The summed E-state index contributed by atoms with van der Waals surface area (Å²) in [6.07, 6.45) is 0.326. The number of ether oxygens (including phenoxy) is 1. The Balaban J connectivity index is 2.72. The summed E-state index contributed by atoms with van der Waals surface area (Å²) in [5.41, 5.74) is 1.24. The van der Waals surface area contributed by atoms with E-state index in [9.17, 15) is 9.59 Å². The lowest BCUT2D eigenvalue weighted by molar-refractivity contribution is -0.135. The van der Waals surface area contributed by atoms with E-state index < -0.39 is 5.97 Å². The molecule has 0 unspecified atom stereocenters. The fraction of sp³-hybridized carbons (Fsp3) is 0.385. The maximum absolute atomic E-state index is 11.0. The van der Waals surface area contributed by atoms with E-state index in [1.807, 2.05) is 12.1 Å². The van der Waals surface area contributed by atoms with Gasteiger partial charge in [-0.3, -0.25) is 4.79 Å². The second kappa shape index (κ2) is 4.92. The highest BCUT2D eigenvalue weighted by Crippen LogP contribution is 2.24. The highest BCUT2D eigenvalue weighted by molar-refractivity contribution is 5.85. The van der Waals surface area contributed by atoms with Gasteiger partial charge in [-0.15, -0.1) is 0 Å². The smallest absolute Gasteiger partial charge is 0.318 e. The number of esters is 1. The molecule has 0 aliphatic heterocycles. The predicted molar refractivity (Wildman–Crippen MR) is 61.5 cm³/mol. The quantitative estimate of drug-likeness (QED) is 0.340. The lowest BCUT2D eigenvalue weighted by Gasteiger charge is -2.18. The summed E-state index contributed by atoms with van der Waals surface area (Å²) >= 11 is 0. The Hall–Kier alpha value is -1.64. The minimum atomic E-state index is -0.529. The summed E-state index contributed by atoms with van der Waals surface area (Å²) in [7, 11) is 0. The Labute approximate surface area is 95.4 Å². The molecule has 0 radical (unpaired) electrons. The van der Waals surface area contributed by atoms with E-state index in [1.54, 1.807) is 12.1 Å². The van der Waals surface area contributed by atoms with Crippen molar-refractivity contribution in [3.05, 3.63) is 29.8 Å². The highest BCUT2D eigenvalue weighted by atomic mass is 16.5. The van der Waals surface area contributed by atoms with E-state index in [0.29, 0.717) is 12.0 Å². The van der Waals surface area contributed by atoms with Gasteiger partial charge in [0.05, 0.1) is 0 Å². The van der Waals surface area contributed by atoms with Gasteiger partial charge in [-0.25, -0.2) is 0 Å². The Morgan fingerprint density at radius 3 is 2.25 bits per heavy atom.